The smallest absolute Gasteiger partial charge is 0.255 e. The normalized spacial score (nSPS) is 16.2. The Kier molecular flexibility index (Phi) is 6.50. The molecule has 3 aromatic carbocycles. The minimum absolute atomic E-state index is 0.111. The van der Waals surface area contributed by atoms with Crippen molar-refractivity contribution in [3.05, 3.63) is 102 Å². The number of morpholine rings is 1. The van der Waals surface area contributed by atoms with E-state index in [9.17, 15) is 4.79 Å². The van der Waals surface area contributed by atoms with E-state index in [1.54, 1.807) is 0 Å². The maximum absolute atomic E-state index is 14.5. The average Bonchev–Trinajstić information content (AvgIpc) is 3.78. The van der Waals surface area contributed by atoms with Crippen molar-refractivity contribution in [2.24, 2.45) is 0 Å². The molecular weight excluding hydrogens is 446 g/mol. The number of fused-ring (bicyclic) bond motifs is 1. The molecule has 182 valence electrons. The fourth-order valence-electron chi connectivity index (χ4n) is 5.14. The first-order valence-corrected chi connectivity index (χ1v) is 12.9. The van der Waals surface area contributed by atoms with Gasteiger partial charge in [-0.2, -0.15) is 0 Å². The average molecular weight is 478 g/mol. The third-order valence-electron chi connectivity index (χ3n) is 7.18. The first kappa shape index (κ1) is 22.9. The zero-order valence-corrected chi connectivity index (χ0v) is 20.5. The topological polar surface area (TPSA) is 45.7 Å². The number of pyridine rings is 1. The number of carbonyl (C=O) groups is 1. The largest absolute Gasteiger partial charge is 0.379 e. The summed E-state index contributed by atoms with van der Waals surface area (Å²) in [5.41, 5.74) is 5.79. The summed E-state index contributed by atoms with van der Waals surface area (Å²) in [6.07, 6.45) is 2.12. The molecule has 0 bridgehead atoms. The Morgan fingerprint density at radius 1 is 0.889 bits per heavy atom. The first-order valence-electron chi connectivity index (χ1n) is 12.9. The molecule has 1 aliphatic carbocycles. The van der Waals surface area contributed by atoms with Gasteiger partial charge in [0, 0.05) is 48.7 Å². The molecule has 2 heterocycles. The van der Waals surface area contributed by atoms with Crippen LogP contribution in [0.2, 0.25) is 0 Å². The van der Waals surface area contributed by atoms with Gasteiger partial charge in [-0.25, -0.2) is 4.98 Å². The summed E-state index contributed by atoms with van der Waals surface area (Å²) in [5, 5.41) is 0.934. The fraction of sp³-hybridized carbons (Fsp3) is 0.290. The number of ether oxygens (including phenoxy) is 1. The number of para-hydroxylation sites is 1. The van der Waals surface area contributed by atoms with E-state index in [0.717, 1.165) is 64.8 Å². The highest BCUT2D eigenvalue weighted by Gasteiger charge is 2.35. The second kappa shape index (κ2) is 10.2. The summed E-state index contributed by atoms with van der Waals surface area (Å²) in [6, 6.07) is 29.0. The fourth-order valence-corrected chi connectivity index (χ4v) is 5.14. The Morgan fingerprint density at radius 2 is 1.56 bits per heavy atom. The van der Waals surface area contributed by atoms with Gasteiger partial charge in [-0.3, -0.25) is 9.69 Å². The van der Waals surface area contributed by atoms with Gasteiger partial charge >= 0.3 is 0 Å². The minimum Gasteiger partial charge on any atom is -0.379 e. The summed E-state index contributed by atoms with van der Waals surface area (Å²) in [4.78, 5) is 24.2. The third-order valence-corrected chi connectivity index (χ3v) is 7.18. The number of hydrogen-bond acceptors (Lipinski definition) is 4. The van der Waals surface area contributed by atoms with Crippen LogP contribution >= 0.6 is 0 Å². The Morgan fingerprint density at radius 3 is 2.28 bits per heavy atom. The number of hydrogen-bond donors (Lipinski definition) is 0. The van der Waals surface area contributed by atoms with E-state index < -0.39 is 0 Å². The SMILES string of the molecule is O=C(c1c(CN2CCOCC2)c(-c2ccccc2)nc2ccccc12)N(Cc1ccccc1)C1CC1. The molecule has 2 fully saturated rings. The van der Waals surface area contributed by atoms with Gasteiger partial charge in [-0.05, 0) is 24.5 Å². The summed E-state index contributed by atoms with van der Waals surface area (Å²) >= 11 is 0. The lowest BCUT2D eigenvalue weighted by molar-refractivity contribution is 0.0340. The molecule has 2 aliphatic rings. The Bertz CT molecular complexity index is 1350. The number of aromatic nitrogens is 1. The lowest BCUT2D eigenvalue weighted by Gasteiger charge is -2.30. The number of amides is 1. The molecule has 4 aromatic rings. The molecule has 5 nitrogen and oxygen atoms in total. The van der Waals surface area contributed by atoms with Gasteiger partial charge in [0.05, 0.1) is 30.0 Å². The molecule has 5 heteroatoms. The molecule has 1 saturated heterocycles. The maximum Gasteiger partial charge on any atom is 0.255 e. The molecule has 1 amide bonds. The quantitative estimate of drug-likeness (QED) is 0.351. The molecule has 0 atom stereocenters. The standard InChI is InChI=1S/C31H31N3O2/c35-31(34(25-15-16-25)21-23-9-3-1-4-10-23)29-26-13-7-8-14-28(26)32-30(24-11-5-2-6-12-24)27(29)22-33-17-19-36-20-18-33/h1-14,25H,15-22H2. The number of nitrogens with zero attached hydrogens (tertiary/aromatic N) is 3. The molecule has 6 rings (SSSR count). The van der Waals surface area contributed by atoms with Crippen molar-refractivity contribution in [1.29, 1.82) is 0 Å². The van der Waals surface area contributed by atoms with E-state index in [-0.39, 0.29) is 5.91 Å². The molecule has 1 aliphatic heterocycles. The van der Waals surface area contributed by atoms with Crippen molar-refractivity contribution in [2.45, 2.75) is 32.0 Å². The van der Waals surface area contributed by atoms with Gasteiger partial charge in [0.2, 0.25) is 0 Å². The van der Waals surface area contributed by atoms with Gasteiger partial charge in [0.25, 0.3) is 5.91 Å². The summed E-state index contributed by atoms with van der Waals surface area (Å²) < 4.78 is 5.61. The zero-order chi connectivity index (χ0) is 24.3. The Balaban J connectivity index is 1.52. The lowest BCUT2D eigenvalue weighted by Crippen LogP contribution is -2.38. The van der Waals surface area contributed by atoms with Crippen molar-refractivity contribution in [3.8, 4) is 11.3 Å². The van der Waals surface area contributed by atoms with Crippen LogP contribution < -0.4 is 0 Å². The second-order valence-electron chi connectivity index (χ2n) is 9.74. The van der Waals surface area contributed by atoms with Gasteiger partial charge in [0.15, 0.2) is 0 Å². The molecule has 0 unspecified atom stereocenters. The molecular formula is C31H31N3O2. The van der Waals surface area contributed by atoms with Gasteiger partial charge in [-0.1, -0.05) is 78.9 Å². The number of carbonyl (C=O) groups excluding carboxylic acids is 1. The van der Waals surface area contributed by atoms with E-state index in [2.05, 4.69) is 40.1 Å². The van der Waals surface area contributed by atoms with Gasteiger partial charge in [0.1, 0.15) is 0 Å². The number of rotatable bonds is 7. The van der Waals surface area contributed by atoms with Crippen LogP contribution in [0, 0.1) is 0 Å². The molecule has 0 spiro atoms. The Labute approximate surface area is 212 Å². The predicted octanol–water partition coefficient (Wildman–Crippen LogP) is 5.54. The van der Waals surface area contributed by atoms with Crippen molar-refractivity contribution in [2.75, 3.05) is 26.3 Å². The number of benzene rings is 3. The minimum atomic E-state index is 0.111. The van der Waals surface area contributed by atoms with Gasteiger partial charge in [-0.15, -0.1) is 0 Å². The maximum atomic E-state index is 14.5. The van der Waals surface area contributed by atoms with Crippen LogP contribution in [-0.2, 0) is 17.8 Å². The van der Waals surface area contributed by atoms with Crippen LogP contribution in [0.25, 0.3) is 22.2 Å². The molecule has 0 radical (unpaired) electrons. The van der Waals surface area contributed by atoms with Crippen LogP contribution in [0.1, 0.15) is 34.3 Å². The molecule has 1 aromatic heterocycles. The van der Waals surface area contributed by atoms with Crippen molar-refractivity contribution in [1.82, 2.24) is 14.8 Å². The van der Waals surface area contributed by atoms with Gasteiger partial charge < -0.3 is 9.64 Å². The second-order valence-corrected chi connectivity index (χ2v) is 9.74. The third kappa shape index (κ3) is 4.77. The van der Waals surface area contributed by atoms with Crippen LogP contribution in [0.15, 0.2) is 84.9 Å². The van der Waals surface area contributed by atoms with Crippen LogP contribution in [0.5, 0.6) is 0 Å². The Hall–Kier alpha value is -3.54. The zero-order valence-electron chi connectivity index (χ0n) is 20.5. The first-order chi connectivity index (χ1) is 17.8. The monoisotopic (exact) mass is 477 g/mol. The van der Waals surface area contributed by atoms with Crippen LogP contribution in [0.4, 0.5) is 0 Å². The van der Waals surface area contributed by atoms with E-state index in [1.807, 2.05) is 54.6 Å². The predicted molar refractivity (Wildman–Crippen MR) is 143 cm³/mol. The van der Waals surface area contributed by atoms with Crippen LogP contribution in [-0.4, -0.2) is 53.0 Å². The molecule has 0 N–H and O–H groups in total. The summed E-state index contributed by atoms with van der Waals surface area (Å²) in [7, 11) is 0. The highest BCUT2D eigenvalue weighted by Crippen LogP contribution is 2.36. The summed E-state index contributed by atoms with van der Waals surface area (Å²) in [5.74, 6) is 0.111. The molecule has 36 heavy (non-hydrogen) atoms. The molecule has 1 saturated carbocycles. The van der Waals surface area contributed by atoms with Crippen molar-refractivity contribution < 1.29 is 9.53 Å². The lowest BCUT2D eigenvalue weighted by atomic mass is 9.94. The highest BCUT2D eigenvalue weighted by molar-refractivity contribution is 6.09. The summed E-state index contributed by atoms with van der Waals surface area (Å²) in [6.45, 7) is 4.44. The van der Waals surface area contributed by atoms with E-state index in [4.69, 9.17) is 9.72 Å². The van der Waals surface area contributed by atoms with Crippen molar-refractivity contribution in [3.63, 3.8) is 0 Å². The van der Waals surface area contributed by atoms with E-state index in [1.165, 1.54) is 0 Å². The van der Waals surface area contributed by atoms with E-state index >= 15 is 0 Å². The highest BCUT2D eigenvalue weighted by atomic mass is 16.5. The van der Waals surface area contributed by atoms with E-state index in [0.29, 0.717) is 32.3 Å². The van der Waals surface area contributed by atoms with Crippen molar-refractivity contribution >= 4 is 16.8 Å². The van der Waals surface area contributed by atoms with Crippen LogP contribution in [0.3, 0.4) is 0 Å².